The van der Waals surface area contributed by atoms with Crippen LogP contribution < -0.4 is 0 Å². The summed E-state index contributed by atoms with van der Waals surface area (Å²) >= 11 is 0. The second-order valence-electron chi connectivity index (χ2n) is 5.74. The molecule has 1 aliphatic carbocycles. The molecule has 4 rings (SSSR count). The van der Waals surface area contributed by atoms with Gasteiger partial charge in [-0.05, 0) is 30.3 Å². The van der Waals surface area contributed by atoms with E-state index in [2.05, 4.69) is 10.2 Å². The minimum absolute atomic E-state index is 0. The first-order valence-corrected chi connectivity index (χ1v) is 8.46. The van der Waals surface area contributed by atoms with Gasteiger partial charge in [-0.15, -0.1) is 11.6 Å². The van der Waals surface area contributed by atoms with Crippen molar-refractivity contribution in [3.05, 3.63) is 115 Å². The van der Waals surface area contributed by atoms with Crippen LogP contribution in [-0.2, 0) is 17.1 Å². The minimum atomic E-state index is -0.953. The molecule has 0 saturated carbocycles. The number of benzene rings is 2. The van der Waals surface area contributed by atoms with Gasteiger partial charge in [0.05, 0.1) is 16.9 Å². The number of allylic oxidation sites excluding steroid dienone is 2. The number of rotatable bonds is 4. The van der Waals surface area contributed by atoms with Crippen molar-refractivity contribution in [2.24, 2.45) is 10.2 Å². The summed E-state index contributed by atoms with van der Waals surface area (Å²) in [4.78, 5) is 10.8. The fourth-order valence-corrected chi connectivity index (χ4v) is 2.42. The molecule has 0 heterocycles. The fourth-order valence-electron chi connectivity index (χ4n) is 2.42. The van der Waals surface area contributed by atoms with Gasteiger partial charge in [-0.25, -0.2) is 16.9 Å². The van der Waals surface area contributed by atoms with Crippen molar-refractivity contribution in [3.8, 4) is 0 Å². The van der Waals surface area contributed by atoms with Gasteiger partial charge in [-0.3, -0.25) is 0 Å². The molecule has 5 heteroatoms. The normalized spacial score (nSPS) is 12.4. The molecule has 0 bridgehead atoms. The summed E-state index contributed by atoms with van der Waals surface area (Å²) < 4.78 is 0. The van der Waals surface area contributed by atoms with E-state index < -0.39 is 5.97 Å². The molecular formula is C23H18FeN2O2. The van der Waals surface area contributed by atoms with E-state index in [1.807, 2.05) is 79.9 Å². The number of hydrogen-bond acceptors (Lipinski definition) is 3. The number of hydrogen-bond donors (Lipinski definition) is 1. The maximum atomic E-state index is 10.8. The van der Waals surface area contributed by atoms with Crippen LogP contribution in [0.25, 0.3) is 5.57 Å². The number of carbonyl (C=O) groups is 1. The Kier molecular flexibility index (Phi) is 8.35. The number of nitrogens with zero attached hydrogens (tertiary/aromatic N) is 2. The summed E-state index contributed by atoms with van der Waals surface area (Å²) in [6, 6.07) is 24.1. The molecule has 28 heavy (non-hydrogen) atoms. The van der Waals surface area contributed by atoms with E-state index in [1.165, 1.54) is 12.1 Å². The van der Waals surface area contributed by atoms with Crippen molar-refractivity contribution in [3.63, 3.8) is 0 Å². The first-order chi connectivity index (χ1) is 13.2. The van der Waals surface area contributed by atoms with Crippen molar-refractivity contribution >= 4 is 22.9 Å². The average molecular weight is 410 g/mol. The Morgan fingerprint density at radius 2 is 1.61 bits per heavy atom. The maximum absolute atomic E-state index is 10.8. The standard InChI is InChI=1S/C18H13N2O2.C5H5.Fe/c21-18(22)14-8-10-16(11-9-14)19-20-17-7-3-6-15(12-17)13-4-1-2-5-13;1-2-4-5-3-1;/h1-12H,(H,21,22);1-5H;/q2*-1;+2. The predicted molar refractivity (Wildman–Crippen MR) is 107 cm³/mol. The van der Waals surface area contributed by atoms with Crippen molar-refractivity contribution in [2.45, 2.75) is 0 Å². The van der Waals surface area contributed by atoms with Gasteiger partial charge in [-0.1, -0.05) is 25.0 Å². The zero-order valence-corrected chi connectivity index (χ0v) is 16.0. The van der Waals surface area contributed by atoms with Gasteiger partial charge in [0.25, 0.3) is 0 Å². The van der Waals surface area contributed by atoms with Crippen LogP contribution in [0.2, 0.25) is 0 Å². The molecule has 0 aromatic heterocycles. The largest absolute Gasteiger partial charge is 2.00 e. The van der Waals surface area contributed by atoms with E-state index in [9.17, 15) is 4.79 Å². The Morgan fingerprint density at radius 1 is 0.893 bits per heavy atom. The van der Waals surface area contributed by atoms with E-state index >= 15 is 0 Å². The Morgan fingerprint density at radius 3 is 2.18 bits per heavy atom. The topological polar surface area (TPSA) is 62.0 Å². The molecule has 1 N–H and O–H groups in total. The number of azo groups is 1. The van der Waals surface area contributed by atoms with E-state index in [1.54, 1.807) is 12.1 Å². The van der Waals surface area contributed by atoms with Gasteiger partial charge in [-0.2, -0.15) is 46.5 Å². The molecule has 3 aromatic carbocycles. The second kappa shape index (κ2) is 11.0. The van der Waals surface area contributed by atoms with Crippen LogP contribution in [0.3, 0.4) is 0 Å². The molecule has 0 unspecified atom stereocenters. The summed E-state index contributed by atoms with van der Waals surface area (Å²) in [5.41, 5.74) is 3.83. The van der Waals surface area contributed by atoms with Crippen molar-refractivity contribution < 1.29 is 27.0 Å². The summed E-state index contributed by atoms with van der Waals surface area (Å²) in [5.74, 6) is -0.953. The molecule has 1 aliphatic rings. The molecule has 0 saturated heterocycles. The molecule has 4 nitrogen and oxygen atoms in total. The number of aromatic carboxylic acids is 1. The SMILES string of the molecule is O=C(O)c1ccc(N=Nc2cccc(C3=C[CH][CH][CH-]3)c2)cc1.[Fe+2].c1cc[cH-]c1. The molecule has 140 valence electrons. The third kappa shape index (κ3) is 6.30. The van der Waals surface area contributed by atoms with E-state index in [4.69, 9.17) is 5.11 Å². The zero-order valence-electron chi connectivity index (χ0n) is 14.9. The van der Waals surface area contributed by atoms with Gasteiger partial charge < -0.3 is 5.11 Å². The van der Waals surface area contributed by atoms with Crippen molar-refractivity contribution in [1.29, 1.82) is 0 Å². The summed E-state index contributed by atoms with van der Waals surface area (Å²) in [5, 5.41) is 17.2. The van der Waals surface area contributed by atoms with Crippen LogP contribution in [0.5, 0.6) is 0 Å². The Balaban J connectivity index is 0.000000408. The van der Waals surface area contributed by atoms with E-state index in [0.29, 0.717) is 5.69 Å². The first kappa shape index (κ1) is 21.3. The van der Waals surface area contributed by atoms with Crippen LogP contribution in [-0.4, -0.2) is 11.1 Å². The Labute approximate surface area is 175 Å². The smallest absolute Gasteiger partial charge is 0.478 e. The molecular weight excluding hydrogens is 392 g/mol. The van der Waals surface area contributed by atoms with E-state index in [0.717, 1.165) is 16.8 Å². The van der Waals surface area contributed by atoms with Crippen molar-refractivity contribution in [2.75, 3.05) is 0 Å². The van der Waals surface area contributed by atoms with E-state index in [-0.39, 0.29) is 22.6 Å². The summed E-state index contributed by atoms with van der Waals surface area (Å²) in [7, 11) is 0. The Hall–Kier alpha value is -3.01. The van der Waals surface area contributed by atoms with Gasteiger partial charge in [0.15, 0.2) is 0 Å². The van der Waals surface area contributed by atoms with Crippen LogP contribution in [0.4, 0.5) is 11.4 Å². The monoisotopic (exact) mass is 410 g/mol. The fraction of sp³-hybridized carbons (Fsp3) is 0. The van der Waals surface area contributed by atoms with Gasteiger partial charge in [0.2, 0.25) is 0 Å². The third-order valence-electron chi connectivity index (χ3n) is 3.79. The molecule has 0 fully saturated rings. The van der Waals surface area contributed by atoms with Crippen LogP contribution in [0, 0.1) is 19.3 Å². The molecule has 0 amide bonds. The average Bonchev–Trinajstić information content (AvgIpc) is 3.43. The summed E-state index contributed by atoms with van der Waals surface area (Å²) in [6.07, 6.45) is 8.07. The van der Waals surface area contributed by atoms with Crippen LogP contribution >= 0.6 is 0 Å². The quantitative estimate of drug-likeness (QED) is 0.316. The van der Waals surface area contributed by atoms with Crippen LogP contribution in [0.1, 0.15) is 15.9 Å². The minimum Gasteiger partial charge on any atom is -0.478 e. The zero-order chi connectivity index (χ0) is 18.9. The second-order valence-corrected chi connectivity index (χ2v) is 5.74. The predicted octanol–water partition coefficient (Wildman–Crippen LogP) is 6.21. The van der Waals surface area contributed by atoms with Gasteiger partial charge >= 0.3 is 23.0 Å². The van der Waals surface area contributed by atoms with Gasteiger partial charge in [0, 0.05) is 0 Å². The molecule has 0 aliphatic heterocycles. The summed E-state index contributed by atoms with van der Waals surface area (Å²) in [6.45, 7) is 0. The molecule has 2 radical (unpaired) electrons. The first-order valence-electron chi connectivity index (χ1n) is 8.46. The molecule has 3 aromatic rings. The van der Waals surface area contributed by atoms with Crippen LogP contribution in [0.15, 0.2) is 95.2 Å². The molecule has 0 atom stereocenters. The third-order valence-corrected chi connectivity index (χ3v) is 3.79. The molecule has 0 spiro atoms. The Bertz CT molecular complexity index is 912. The number of carboxylic acids is 1. The number of carboxylic acid groups (broad SMARTS) is 1. The van der Waals surface area contributed by atoms with Gasteiger partial charge in [0.1, 0.15) is 0 Å². The maximum Gasteiger partial charge on any atom is 2.00 e. The van der Waals surface area contributed by atoms with Crippen molar-refractivity contribution in [1.82, 2.24) is 0 Å².